The van der Waals surface area contributed by atoms with Crippen molar-refractivity contribution < 1.29 is 27.3 Å². The number of hydrogen-bond acceptors (Lipinski definition) is 6. The van der Waals surface area contributed by atoms with Crippen LogP contribution in [0.5, 0.6) is 5.75 Å². The van der Waals surface area contributed by atoms with E-state index in [0.29, 0.717) is 5.75 Å². The van der Waals surface area contributed by atoms with E-state index in [-0.39, 0.29) is 0 Å². The molecule has 0 aliphatic carbocycles. The Kier molecular flexibility index (Phi) is 24.4. The molecule has 0 atom stereocenters. The van der Waals surface area contributed by atoms with Gasteiger partial charge in [0.1, 0.15) is 50.4 Å². The van der Waals surface area contributed by atoms with Crippen LogP contribution in [-0.2, 0) is 0 Å². The Morgan fingerprint density at radius 1 is 0.190 bits per heavy atom. The number of furan rings is 4. The Morgan fingerprint density at radius 2 is 0.451 bits per heavy atom. The van der Waals surface area contributed by atoms with Crippen molar-refractivity contribution in [2.24, 2.45) is 0 Å². The van der Waals surface area contributed by atoms with Crippen LogP contribution in [0.25, 0.3) is 251 Å². The summed E-state index contributed by atoms with van der Waals surface area (Å²) >= 11 is 16.6. The highest BCUT2D eigenvalue weighted by Crippen LogP contribution is 2.51. The minimum absolute atomic E-state index is 0.674. The van der Waals surface area contributed by atoms with Crippen molar-refractivity contribution in [1.29, 1.82) is 0 Å². The zero-order valence-corrected chi connectivity index (χ0v) is 84.5. The van der Waals surface area contributed by atoms with Crippen molar-refractivity contribution in [2.75, 3.05) is 0 Å². The SMILES string of the molecule is Brc1c2ccccc2cc2c1oc1ccccc12.Brc1c2ccccc2cc2c1oc1ccccc12.Brc1cccc(-c2c3ccccc3cc3c2oc2ccccc23)c1.Brc1cccc(I)c1.O[B]Oc1c2ccccc2c(-c2ccc3ccccc3c2)c2ccccc12.c1cc(-c2c3ccccc3c(-c3ccc4ccccc4c3)c3ccccc23)cc(-c2c3ccccc3cc3c2oc2ccccc23)c1. The Bertz CT molecular complexity index is 9750. The van der Waals surface area contributed by atoms with Gasteiger partial charge in [-0.3, -0.25) is 0 Å². The first kappa shape index (κ1) is 89.4. The third-order valence-electron chi connectivity index (χ3n) is 26.8. The lowest BCUT2D eigenvalue weighted by Gasteiger charge is -2.18. The first-order valence-electron chi connectivity index (χ1n) is 46.9. The van der Waals surface area contributed by atoms with E-state index in [1.165, 1.54) is 139 Å². The van der Waals surface area contributed by atoms with Gasteiger partial charge in [-0.2, -0.15) is 0 Å². The van der Waals surface area contributed by atoms with Gasteiger partial charge in [-0.15, -0.1) is 0 Å². The summed E-state index contributed by atoms with van der Waals surface area (Å²) in [5.74, 6) is 0.674. The first-order chi connectivity index (χ1) is 70.0. The normalized spacial score (nSPS) is 11.5. The van der Waals surface area contributed by atoms with Gasteiger partial charge in [0.15, 0.2) is 0 Å². The second-order valence-electron chi connectivity index (χ2n) is 35.2. The molecule has 673 valence electrons. The van der Waals surface area contributed by atoms with Gasteiger partial charge in [0.2, 0.25) is 0 Å². The van der Waals surface area contributed by atoms with Crippen LogP contribution in [0.1, 0.15) is 0 Å². The second kappa shape index (κ2) is 38.8. The number of halogens is 5. The predicted octanol–water partition coefficient (Wildman–Crippen LogP) is 40.1. The van der Waals surface area contributed by atoms with Crippen molar-refractivity contribution in [2.45, 2.75) is 0 Å². The zero-order valence-electron chi connectivity index (χ0n) is 76.0. The molecule has 0 fully saturated rings. The average Bonchev–Trinajstić information content (AvgIpc) is 1.26. The number of rotatable bonds is 7. The molecule has 4 aromatic heterocycles. The van der Waals surface area contributed by atoms with Crippen LogP contribution < -0.4 is 4.65 Å². The van der Waals surface area contributed by atoms with Crippen LogP contribution in [0.2, 0.25) is 0 Å². The maximum absolute atomic E-state index is 9.30. The fourth-order valence-corrected chi connectivity index (χ4v) is 23.6. The summed E-state index contributed by atoms with van der Waals surface area (Å²) in [6, 6.07) is 166. The molecule has 1 radical (unpaired) electrons. The molecule has 25 aromatic carbocycles. The van der Waals surface area contributed by atoms with Gasteiger partial charge in [0.05, 0.1) is 8.95 Å². The van der Waals surface area contributed by atoms with Gasteiger partial charge in [0, 0.05) is 77.5 Å². The summed E-state index contributed by atoms with van der Waals surface area (Å²) in [6.07, 6.45) is 0. The van der Waals surface area contributed by atoms with Crippen molar-refractivity contribution >= 4 is 289 Å². The summed E-state index contributed by atoms with van der Waals surface area (Å²) in [5.41, 5.74) is 19.3. The van der Waals surface area contributed by atoms with E-state index in [1.54, 1.807) is 0 Å². The van der Waals surface area contributed by atoms with Crippen LogP contribution in [0.3, 0.4) is 0 Å². The van der Waals surface area contributed by atoms with Gasteiger partial charge in [-0.25, -0.2) is 0 Å². The summed E-state index contributed by atoms with van der Waals surface area (Å²) in [4.78, 5) is 0. The lowest BCUT2D eigenvalue weighted by molar-refractivity contribution is 0.459. The van der Waals surface area contributed by atoms with Crippen LogP contribution >= 0.6 is 86.3 Å². The van der Waals surface area contributed by atoms with E-state index < -0.39 is 0 Å². The van der Waals surface area contributed by atoms with E-state index in [2.05, 4.69) is 438 Å². The molecule has 6 nitrogen and oxygen atoms in total. The minimum atomic E-state index is 0.674. The Balaban J connectivity index is 0.0000000987. The summed E-state index contributed by atoms with van der Waals surface area (Å²) in [6.45, 7) is 0. The standard InChI is InChI=1S/C46H28O.C24H16BO2.C22H13BrO.2C16H9BrO.C6H4BrI/c1-2-13-30-26-34(25-24-29(30)12-1)44-39-21-7-5-19-37(39)43(38-20-6-8-22-40(38)44)32-15-11-16-33(27-32)45-35-17-4-3-14-31(35)28-41-36-18-9-10-23-42(36)47-46(41)45;26-25-27-24-21-11-5-3-9-19(21)23(20-10-4-6-12-22(20)24)18-14-13-16-7-1-2-8-17(16)15-18;23-16-8-5-7-15(12-16)21-17-9-2-1-6-14(17)13-19-18-10-3-4-11-20(18)24-22(19)21;2*17-15-11-6-2-1-5-10(11)9-13-12-7-3-4-8-14(12)18-16(13)15;7-5-2-1-3-6(8)4-5/h1-28H;1-15,26H;1-13H;2*1-9H;1-4H. The summed E-state index contributed by atoms with van der Waals surface area (Å²) in [5, 5.41) is 42.3. The molecule has 0 amide bonds. The molecule has 29 rings (SSSR count). The smallest absolute Gasteiger partial charge is 0.537 e. The molecule has 0 saturated carbocycles. The number of benzene rings is 25. The molecule has 142 heavy (non-hydrogen) atoms. The third-order valence-corrected chi connectivity index (χ3v) is 30.1. The van der Waals surface area contributed by atoms with Gasteiger partial charge in [-0.05, 0) is 293 Å². The second-order valence-corrected chi connectivity index (χ2v) is 39.8. The molecule has 0 bridgehead atoms. The van der Waals surface area contributed by atoms with Gasteiger partial charge in [-0.1, -0.05) is 408 Å². The Hall–Kier alpha value is -15.2. The highest BCUT2D eigenvalue weighted by atomic mass is 127. The van der Waals surface area contributed by atoms with Gasteiger partial charge < -0.3 is 27.3 Å². The molecule has 29 aromatic rings. The minimum Gasteiger partial charge on any atom is -0.537 e. The van der Waals surface area contributed by atoms with E-state index in [4.69, 9.17) is 22.3 Å². The molecular formula is C130H79BBr4IO6. The van der Waals surface area contributed by atoms with Gasteiger partial charge in [0.25, 0.3) is 0 Å². The molecule has 0 unspecified atom stereocenters. The van der Waals surface area contributed by atoms with Crippen molar-refractivity contribution in [1.82, 2.24) is 0 Å². The molecule has 1 N–H and O–H groups in total. The van der Waals surface area contributed by atoms with Crippen molar-refractivity contribution in [3.63, 3.8) is 0 Å². The van der Waals surface area contributed by atoms with Crippen LogP contribution in [0.4, 0.5) is 0 Å². The summed E-state index contributed by atoms with van der Waals surface area (Å²) < 4.78 is 35.9. The van der Waals surface area contributed by atoms with Crippen molar-refractivity contribution in [3.8, 4) is 61.4 Å². The molecule has 0 spiro atoms. The largest absolute Gasteiger partial charge is 0.569 e. The van der Waals surface area contributed by atoms with E-state index in [9.17, 15) is 5.02 Å². The predicted molar refractivity (Wildman–Crippen MR) is 622 cm³/mol. The van der Waals surface area contributed by atoms with Crippen LogP contribution in [0.15, 0.2) is 509 Å². The molecule has 0 aliphatic heterocycles. The lowest BCUT2D eigenvalue weighted by atomic mass is 9.85. The fourth-order valence-electron chi connectivity index (χ4n) is 20.5. The van der Waals surface area contributed by atoms with Crippen molar-refractivity contribution in [3.05, 3.63) is 495 Å². The maximum atomic E-state index is 9.30. The zero-order chi connectivity index (χ0) is 95.4. The molecule has 0 aliphatic rings. The molecular weight excluding hydrogens is 2110 g/mol. The number of para-hydroxylation sites is 4. The average molecular weight is 2190 g/mol. The first-order valence-corrected chi connectivity index (χ1v) is 51.1. The molecule has 12 heteroatoms. The van der Waals surface area contributed by atoms with Crippen LogP contribution in [0, 0.1) is 3.57 Å². The topological polar surface area (TPSA) is 82.0 Å². The maximum Gasteiger partial charge on any atom is 0.569 e. The fraction of sp³-hybridized carbons (Fsp3) is 0. The Morgan fingerprint density at radius 3 is 0.803 bits per heavy atom. The number of fused-ring (bicyclic) bond motifs is 22. The summed E-state index contributed by atoms with van der Waals surface area (Å²) in [7, 11) is 0.754. The van der Waals surface area contributed by atoms with Crippen LogP contribution in [-0.4, -0.2) is 12.7 Å². The number of hydrogen-bond donors (Lipinski definition) is 1. The quantitative estimate of drug-likeness (QED) is 0.0973. The Labute approximate surface area is 864 Å². The van der Waals surface area contributed by atoms with Gasteiger partial charge >= 0.3 is 7.69 Å². The third kappa shape index (κ3) is 16.8. The lowest BCUT2D eigenvalue weighted by Crippen LogP contribution is -2.02. The highest BCUT2D eigenvalue weighted by molar-refractivity contribution is 14.1. The monoisotopic (exact) mass is 2190 g/mol. The molecule has 4 heterocycles. The van der Waals surface area contributed by atoms with E-state index in [1.807, 2.05) is 121 Å². The highest BCUT2D eigenvalue weighted by Gasteiger charge is 2.25. The van der Waals surface area contributed by atoms with E-state index >= 15 is 0 Å². The molecule has 0 saturated heterocycles. The van der Waals surface area contributed by atoms with E-state index in [0.717, 1.165) is 141 Å².